The molecule has 9 heteroatoms. The quantitative estimate of drug-likeness (QED) is 0.634. The molecule has 0 saturated carbocycles. The summed E-state index contributed by atoms with van der Waals surface area (Å²) in [6.45, 7) is 0.553. The predicted molar refractivity (Wildman–Crippen MR) is 115 cm³/mol. The Kier molecular flexibility index (Phi) is 5.48. The SMILES string of the molecule is COc1ccc(F)cc1S(=O)(=O)Nc1ccc2c(c1)N(C(=O)c1cccs1)CCC2. The molecule has 2 aromatic carbocycles. The highest BCUT2D eigenvalue weighted by atomic mass is 32.2. The predicted octanol–water partition coefficient (Wildman–Crippen LogP) is 4.29. The second kappa shape index (κ2) is 8.08. The van der Waals surface area contributed by atoms with Crippen molar-refractivity contribution in [1.29, 1.82) is 0 Å². The monoisotopic (exact) mass is 446 g/mol. The van der Waals surface area contributed by atoms with Crippen LogP contribution in [0.3, 0.4) is 0 Å². The Balaban J connectivity index is 1.68. The van der Waals surface area contributed by atoms with Gasteiger partial charge in [-0.2, -0.15) is 0 Å². The van der Waals surface area contributed by atoms with Crippen LogP contribution in [-0.2, 0) is 16.4 Å². The molecule has 0 spiro atoms. The largest absolute Gasteiger partial charge is 0.495 e. The lowest BCUT2D eigenvalue weighted by molar-refractivity contribution is 0.0989. The Hall–Kier alpha value is -2.91. The van der Waals surface area contributed by atoms with E-state index in [1.54, 1.807) is 23.1 Å². The summed E-state index contributed by atoms with van der Waals surface area (Å²) >= 11 is 1.36. The van der Waals surface area contributed by atoms with Crippen LogP contribution < -0.4 is 14.4 Å². The van der Waals surface area contributed by atoms with E-state index in [4.69, 9.17) is 4.74 Å². The Bertz CT molecular complexity index is 1190. The van der Waals surface area contributed by atoms with Gasteiger partial charge in [0.25, 0.3) is 15.9 Å². The molecule has 30 heavy (non-hydrogen) atoms. The van der Waals surface area contributed by atoms with Gasteiger partial charge in [0.2, 0.25) is 0 Å². The molecule has 1 amide bonds. The topological polar surface area (TPSA) is 75.7 Å². The van der Waals surface area contributed by atoms with Gasteiger partial charge in [0, 0.05) is 12.2 Å². The number of aryl methyl sites for hydroxylation is 1. The van der Waals surface area contributed by atoms with Crippen LogP contribution in [0.5, 0.6) is 5.75 Å². The summed E-state index contributed by atoms with van der Waals surface area (Å²) in [6, 6.07) is 12.0. The summed E-state index contributed by atoms with van der Waals surface area (Å²) in [5, 5.41) is 1.84. The second-order valence-electron chi connectivity index (χ2n) is 6.78. The molecule has 0 saturated heterocycles. The summed E-state index contributed by atoms with van der Waals surface area (Å²) in [5.74, 6) is -0.761. The maximum Gasteiger partial charge on any atom is 0.268 e. The number of fused-ring (bicyclic) bond motifs is 1. The number of thiophene rings is 1. The molecule has 0 bridgehead atoms. The number of nitrogens with zero attached hydrogens (tertiary/aromatic N) is 1. The number of ether oxygens (including phenoxy) is 1. The van der Waals surface area contributed by atoms with Crippen molar-refractivity contribution in [3.05, 3.63) is 70.2 Å². The van der Waals surface area contributed by atoms with E-state index in [1.165, 1.54) is 24.5 Å². The Morgan fingerprint density at radius 2 is 2.03 bits per heavy atom. The zero-order chi connectivity index (χ0) is 21.3. The Morgan fingerprint density at radius 1 is 1.20 bits per heavy atom. The Morgan fingerprint density at radius 3 is 2.77 bits per heavy atom. The van der Waals surface area contributed by atoms with Gasteiger partial charge < -0.3 is 9.64 Å². The fraction of sp³-hybridized carbons (Fsp3) is 0.190. The molecule has 4 rings (SSSR count). The lowest BCUT2D eigenvalue weighted by Crippen LogP contribution is -2.35. The number of benzene rings is 2. The molecule has 3 aromatic rings. The van der Waals surface area contributed by atoms with E-state index in [0.29, 0.717) is 17.1 Å². The molecule has 1 aliphatic rings. The number of anilines is 2. The van der Waals surface area contributed by atoms with Crippen LogP contribution in [0, 0.1) is 5.82 Å². The number of hydrogen-bond acceptors (Lipinski definition) is 5. The fourth-order valence-electron chi connectivity index (χ4n) is 3.45. The van der Waals surface area contributed by atoms with Gasteiger partial charge in [0.15, 0.2) is 0 Å². The molecule has 0 fully saturated rings. The Labute approximate surface area is 178 Å². The van der Waals surface area contributed by atoms with Gasteiger partial charge in [-0.05, 0) is 60.2 Å². The first-order chi connectivity index (χ1) is 14.4. The van der Waals surface area contributed by atoms with Crippen molar-refractivity contribution in [3.63, 3.8) is 0 Å². The molecule has 0 radical (unpaired) electrons. The van der Waals surface area contributed by atoms with Gasteiger partial charge in [-0.25, -0.2) is 12.8 Å². The van der Waals surface area contributed by atoms with E-state index in [9.17, 15) is 17.6 Å². The smallest absolute Gasteiger partial charge is 0.268 e. The van der Waals surface area contributed by atoms with Crippen molar-refractivity contribution >= 4 is 38.6 Å². The molecular formula is C21H19FN2O4S2. The third-order valence-electron chi connectivity index (χ3n) is 4.85. The van der Waals surface area contributed by atoms with Gasteiger partial charge >= 0.3 is 0 Å². The van der Waals surface area contributed by atoms with Crippen LogP contribution >= 0.6 is 11.3 Å². The summed E-state index contributed by atoms with van der Waals surface area (Å²) in [6.07, 6.45) is 1.63. The minimum Gasteiger partial charge on any atom is -0.495 e. The van der Waals surface area contributed by atoms with Crippen LogP contribution in [-0.4, -0.2) is 28.0 Å². The first-order valence-electron chi connectivity index (χ1n) is 9.24. The summed E-state index contributed by atoms with van der Waals surface area (Å²) in [5.41, 5.74) is 1.93. The van der Waals surface area contributed by atoms with Crippen LogP contribution in [0.25, 0.3) is 0 Å². The summed E-state index contributed by atoms with van der Waals surface area (Å²) in [7, 11) is -2.78. The van der Waals surface area contributed by atoms with Gasteiger partial charge in [0.05, 0.1) is 17.7 Å². The zero-order valence-corrected chi connectivity index (χ0v) is 17.7. The summed E-state index contributed by atoms with van der Waals surface area (Å²) in [4.78, 5) is 14.9. The number of amides is 1. The second-order valence-corrected chi connectivity index (χ2v) is 9.38. The van der Waals surface area contributed by atoms with Crippen LogP contribution in [0.15, 0.2) is 58.8 Å². The van der Waals surface area contributed by atoms with Crippen LogP contribution in [0.2, 0.25) is 0 Å². The molecular weight excluding hydrogens is 427 g/mol. The molecule has 2 heterocycles. The van der Waals surface area contributed by atoms with Crippen LogP contribution in [0.1, 0.15) is 21.7 Å². The van der Waals surface area contributed by atoms with E-state index in [-0.39, 0.29) is 22.2 Å². The number of carbonyl (C=O) groups is 1. The van der Waals surface area contributed by atoms with E-state index in [1.807, 2.05) is 17.5 Å². The maximum absolute atomic E-state index is 13.7. The van der Waals surface area contributed by atoms with Gasteiger partial charge in [-0.1, -0.05) is 12.1 Å². The third kappa shape index (κ3) is 3.90. The van der Waals surface area contributed by atoms with E-state index >= 15 is 0 Å². The van der Waals surface area contributed by atoms with E-state index < -0.39 is 15.8 Å². The van der Waals surface area contributed by atoms with Crippen molar-refractivity contribution in [2.75, 3.05) is 23.3 Å². The number of nitrogens with one attached hydrogen (secondary N) is 1. The molecule has 6 nitrogen and oxygen atoms in total. The normalized spacial score (nSPS) is 13.6. The number of methoxy groups -OCH3 is 1. The highest BCUT2D eigenvalue weighted by Gasteiger charge is 2.26. The average molecular weight is 447 g/mol. The number of sulfonamides is 1. The molecule has 156 valence electrons. The molecule has 1 aliphatic heterocycles. The summed E-state index contributed by atoms with van der Waals surface area (Å²) < 4.78 is 46.9. The van der Waals surface area contributed by atoms with Crippen molar-refractivity contribution in [1.82, 2.24) is 0 Å². The number of rotatable bonds is 5. The first kappa shape index (κ1) is 20.4. The minimum atomic E-state index is -4.10. The highest BCUT2D eigenvalue weighted by Crippen LogP contribution is 2.33. The van der Waals surface area contributed by atoms with E-state index in [2.05, 4.69) is 4.72 Å². The van der Waals surface area contributed by atoms with Crippen molar-refractivity contribution < 1.29 is 22.3 Å². The van der Waals surface area contributed by atoms with Gasteiger partial charge in [-0.15, -0.1) is 11.3 Å². The fourth-order valence-corrected chi connectivity index (χ4v) is 5.36. The number of hydrogen-bond donors (Lipinski definition) is 1. The third-order valence-corrected chi connectivity index (χ3v) is 7.11. The minimum absolute atomic E-state index is 0.0383. The van der Waals surface area contributed by atoms with Crippen molar-refractivity contribution in [3.8, 4) is 5.75 Å². The van der Waals surface area contributed by atoms with Gasteiger partial charge in [0.1, 0.15) is 16.5 Å². The average Bonchev–Trinajstić information content (AvgIpc) is 3.27. The maximum atomic E-state index is 13.7. The van der Waals surface area contributed by atoms with Crippen molar-refractivity contribution in [2.24, 2.45) is 0 Å². The van der Waals surface area contributed by atoms with Crippen molar-refractivity contribution in [2.45, 2.75) is 17.7 Å². The molecule has 0 aliphatic carbocycles. The lowest BCUT2D eigenvalue weighted by Gasteiger charge is -2.29. The standard InChI is InChI=1S/C21H19FN2O4S2/c1-28-18-9-7-15(22)12-20(18)30(26,27)23-16-8-6-14-4-2-10-24(17(14)13-16)21(25)19-5-3-11-29-19/h3,5-9,11-13,23H,2,4,10H2,1H3. The van der Waals surface area contributed by atoms with Gasteiger partial charge in [-0.3, -0.25) is 9.52 Å². The molecule has 0 unspecified atom stereocenters. The van der Waals surface area contributed by atoms with Crippen LogP contribution in [0.4, 0.5) is 15.8 Å². The first-order valence-corrected chi connectivity index (χ1v) is 11.6. The highest BCUT2D eigenvalue weighted by molar-refractivity contribution is 7.92. The van der Waals surface area contributed by atoms with E-state index in [0.717, 1.165) is 30.5 Å². The number of carbonyl (C=O) groups excluding carboxylic acids is 1. The molecule has 1 N–H and O–H groups in total. The zero-order valence-electron chi connectivity index (χ0n) is 16.1. The number of halogens is 1. The molecule has 0 atom stereocenters. The molecule has 1 aromatic heterocycles. The lowest BCUT2D eigenvalue weighted by atomic mass is 10.0.